The zero-order valence-electron chi connectivity index (χ0n) is 7.33. The van der Waals surface area contributed by atoms with Crippen LogP contribution in [0.4, 0.5) is 13.2 Å². The lowest BCUT2D eigenvalue weighted by molar-refractivity contribution is -0.136. The van der Waals surface area contributed by atoms with E-state index in [1.807, 2.05) is 0 Å². The summed E-state index contributed by atoms with van der Waals surface area (Å²) in [6, 6.07) is 0.931. The number of rotatable bonds is 3. The Kier molecular flexibility index (Phi) is 3.40. The lowest BCUT2D eigenvalue weighted by Gasteiger charge is -2.12. The maximum atomic E-state index is 11.8. The molecule has 6 heteroatoms. The molecule has 0 saturated carbocycles. The molecule has 0 radical (unpaired) electrons. The third kappa shape index (κ3) is 3.69. The predicted octanol–water partition coefficient (Wildman–Crippen LogP) is 1.82. The first-order valence-corrected chi connectivity index (χ1v) is 4.08. The maximum Gasteiger partial charge on any atom is 0.389 e. The summed E-state index contributed by atoms with van der Waals surface area (Å²) in [5.74, 6) is 0. The molecule has 78 valence electrons. The number of hydrogen-bond donors (Lipinski definition) is 1. The highest BCUT2D eigenvalue weighted by Gasteiger charge is 2.27. The van der Waals surface area contributed by atoms with E-state index in [0.717, 1.165) is 0 Å². The third-order valence-electron chi connectivity index (χ3n) is 1.77. The molecule has 0 aliphatic rings. The summed E-state index contributed by atoms with van der Waals surface area (Å²) in [6.07, 6.45) is -2.38. The van der Waals surface area contributed by atoms with Gasteiger partial charge in [0.15, 0.2) is 0 Å². The van der Waals surface area contributed by atoms with Crippen LogP contribution in [0.1, 0.15) is 24.4 Å². The molecule has 0 aliphatic carbocycles. The lowest BCUT2D eigenvalue weighted by Crippen LogP contribution is -2.16. The Morgan fingerprint density at radius 2 is 2.07 bits per heavy atom. The van der Waals surface area contributed by atoms with Gasteiger partial charge in [0, 0.05) is 18.7 Å². The Hall–Kier alpha value is -1.17. The zero-order chi connectivity index (χ0) is 10.6. The van der Waals surface area contributed by atoms with Gasteiger partial charge >= 0.3 is 6.18 Å². The predicted molar refractivity (Wildman–Crippen MR) is 44.2 cm³/mol. The van der Waals surface area contributed by atoms with Crippen molar-refractivity contribution in [2.45, 2.75) is 25.1 Å². The highest BCUT2D eigenvalue weighted by atomic mass is 19.4. The average Bonchev–Trinajstić information content (AvgIpc) is 2.14. The molecule has 0 aliphatic heterocycles. The largest absolute Gasteiger partial charge is 0.389 e. The van der Waals surface area contributed by atoms with Gasteiger partial charge in [-0.25, -0.2) is 0 Å². The molecule has 14 heavy (non-hydrogen) atoms. The maximum absolute atomic E-state index is 11.8. The van der Waals surface area contributed by atoms with E-state index < -0.39 is 18.6 Å². The topological polar surface area (TPSA) is 51.8 Å². The third-order valence-corrected chi connectivity index (χ3v) is 1.77. The van der Waals surface area contributed by atoms with Gasteiger partial charge < -0.3 is 5.73 Å². The summed E-state index contributed by atoms with van der Waals surface area (Å²) in [6.45, 7) is 0. The first-order chi connectivity index (χ1) is 6.49. The fraction of sp³-hybridized carbons (Fsp3) is 0.500. The molecule has 0 spiro atoms. The molecule has 0 saturated heterocycles. The van der Waals surface area contributed by atoms with Crippen LogP contribution in [0.5, 0.6) is 0 Å². The summed E-state index contributed by atoms with van der Waals surface area (Å²) in [4.78, 5) is 0. The van der Waals surface area contributed by atoms with E-state index in [1.165, 1.54) is 12.4 Å². The van der Waals surface area contributed by atoms with E-state index in [-0.39, 0.29) is 6.42 Å². The molecule has 1 aromatic rings. The lowest BCUT2D eigenvalue weighted by atomic mass is 10.1. The molecule has 2 N–H and O–H groups in total. The van der Waals surface area contributed by atoms with Crippen LogP contribution in [-0.2, 0) is 0 Å². The van der Waals surface area contributed by atoms with Gasteiger partial charge in [-0.15, -0.1) is 0 Å². The van der Waals surface area contributed by atoms with Gasteiger partial charge in [-0.2, -0.15) is 23.4 Å². The Bertz CT molecular complexity index is 273. The Morgan fingerprint density at radius 3 is 2.57 bits per heavy atom. The number of nitrogens with zero attached hydrogens (tertiary/aromatic N) is 2. The standard InChI is InChI=1S/C8H10F3N3/c9-8(10,11)3-1-7(12)6-2-4-13-14-5-6/h2,4-5,7H,1,3,12H2. The molecule has 0 fully saturated rings. The van der Waals surface area contributed by atoms with Crippen molar-refractivity contribution in [2.24, 2.45) is 5.73 Å². The van der Waals surface area contributed by atoms with E-state index >= 15 is 0 Å². The Balaban J connectivity index is 2.48. The van der Waals surface area contributed by atoms with Gasteiger partial charge in [0.05, 0.1) is 6.20 Å². The van der Waals surface area contributed by atoms with Crippen molar-refractivity contribution in [1.29, 1.82) is 0 Å². The van der Waals surface area contributed by atoms with Gasteiger partial charge in [-0.05, 0) is 18.1 Å². The number of halogens is 3. The molecule has 1 heterocycles. The average molecular weight is 205 g/mol. The first kappa shape index (κ1) is 10.9. The summed E-state index contributed by atoms with van der Waals surface area (Å²) < 4.78 is 35.5. The van der Waals surface area contributed by atoms with Crippen LogP contribution < -0.4 is 5.73 Å². The van der Waals surface area contributed by atoms with Crippen molar-refractivity contribution in [2.75, 3.05) is 0 Å². The van der Waals surface area contributed by atoms with Crippen molar-refractivity contribution in [1.82, 2.24) is 10.2 Å². The SMILES string of the molecule is NC(CCC(F)(F)F)c1ccnnc1. The van der Waals surface area contributed by atoms with E-state index in [1.54, 1.807) is 6.07 Å². The van der Waals surface area contributed by atoms with Crippen LogP contribution in [0.15, 0.2) is 18.5 Å². The van der Waals surface area contributed by atoms with Crippen LogP contribution in [0.3, 0.4) is 0 Å². The molecular weight excluding hydrogens is 195 g/mol. The molecular formula is C8H10F3N3. The van der Waals surface area contributed by atoms with Crippen LogP contribution >= 0.6 is 0 Å². The number of nitrogens with two attached hydrogens (primary N) is 1. The van der Waals surface area contributed by atoms with Gasteiger partial charge in [0.2, 0.25) is 0 Å². The Labute approximate surface area is 79.1 Å². The van der Waals surface area contributed by atoms with Crippen LogP contribution in [-0.4, -0.2) is 16.4 Å². The Morgan fingerprint density at radius 1 is 1.36 bits per heavy atom. The van der Waals surface area contributed by atoms with E-state index in [2.05, 4.69) is 10.2 Å². The minimum Gasteiger partial charge on any atom is -0.324 e. The molecule has 1 aromatic heterocycles. The number of alkyl halides is 3. The first-order valence-electron chi connectivity index (χ1n) is 4.08. The number of aromatic nitrogens is 2. The summed E-state index contributed by atoms with van der Waals surface area (Å²) in [7, 11) is 0. The highest BCUT2D eigenvalue weighted by molar-refractivity contribution is 5.10. The minimum absolute atomic E-state index is 0.130. The van der Waals surface area contributed by atoms with Crippen molar-refractivity contribution in [3.8, 4) is 0 Å². The summed E-state index contributed by atoms with van der Waals surface area (Å²) in [5.41, 5.74) is 6.11. The second kappa shape index (κ2) is 4.36. The van der Waals surface area contributed by atoms with Crippen molar-refractivity contribution >= 4 is 0 Å². The summed E-state index contributed by atoms with van der Waals surface area (Å²) in [5, 5.41) is 7.05. The molecule has 1 rings (SSSR count). The molecule has 1 unspecified atom stereocenters. The van der Waals surface area contributed by atoms with E-state index in [0.29, 0.717) is 5.56 Å². The zero-order valence-corrected chi connectivity index (χ0v) is 7.33. The smallest absolute Gasteiger partial charge is 0.324 e. The second-order valence-electron chi connectivity index (χ2n) is 2.94. The van der Waals surface area contributed by atoms with Gasteiger partial charge in [0.25, 0.3) is 0 Å². The van der Waals surface area contributed by atoms with Crippen LogP contribution in [0.2, 0.25) is 0 Å². The van der Waals surface area contributed by atoms with Crippen molar-refractivity contribution in [3.05, 3.63) is 24.0 Å². The summed E-state index contributed by atoms with van der Waals surface area (Å²) >= 11 is 0. The number of hydrogen-bond acceptors (Lipinski definition) is 3. The van der Waals surface area contributed by atoms with Crippen LogP contribution in [0.25, 0.3) is 0 Å². The second-order valence-corrected chi connectivity index (χ2v) is 2.94. The van der Waals surface area contributed by atoms with Crippen LogP contribution in [0, 0.1) is 0 Å². The fourth-order valence-electron chi connectivity index (χ4n) is 1.01. The minimum atomic E-state index is -4.15. The highest BCUT2D eigenvalue weighted by Crippen LogP contribution is 2.25. The monoisotopic (exact) mass is 205 g/mol. The molecule has 1 atom stereocenters. The van der Waals surface area contributed by atoms with Gasteiger partial charge in [-0.3, -0.25) is 0 Å². The van der Waals surface area contributed by atoms with Crippen molar-refractivity contribution < 1.29 is 13.2 Å². The fourth-order valence-corrected chi connectivity index (χ4v) is 1.01. The van der Waals surface area contributed by atoms with E-state index in [4.69, 9.17) is 5.73 Å². The molecule has 3 nitrogen and oxygen atoms in total. The molecule has 0 amide bonds. The van der Waals surface area contributed by atoms with E-state index in [9.17, 15) is 13.2 Å². The quantitative estimate of drug-likeness (QED) is 0.818. The van der Waals surface area contributed by atoms with Crippen molar-refractivity contribution in [3.63, 3.8) is 0 Å². The molecule has 0 bridgehead atoms. The molecule has 0 aromatic carbocycles. The van der Waals surface area contributed by atoms with Gasteiger partial charge in [-0.1, -0.05) is 0 Å². The van der Waals surface area contributed by atoms with Gasteiger partial charge in [0.1, 0.15) is 0 Å². The normalized spacial score (nSPS) is 14.0.